The maximum Gasteiger partial charge on any atom is 0.268 e. The molecular weight excluding hydrogens is 318 g/mol. The molecule has 1 fully saturated rings. The fraction of sp³-hybridized carbons (Fsp3) is 0.250. The Morgan fingerprint density at radius 1 is 1.14 bits per heavy atom. The molecule has 1 aromatic carbocycles. The van der Waals surface area contributed by atoms with E-state index in [1.54, 1.807) is 11.3 Å². The molecule has 114 valence electrons. The minimum absolute atomic E-state index is 0. The maximum absolute atomic E-state index is 6.26. The van der Waals surface area contributed by atoms with Gasteiger partial charge in [0.05, 0.1) is 5.54 Å². The molecule has 3 aromatic rings. The summed E-state index contributed by atoms with van der Waals surface area (Å²) in [6.45, 7) is 0. The van der Waals surface area contributed by atoms with Crippen LogP contribution in [0.3, 0.4) is 0 Å². The molecule has 4 rings (SSSR count). The first-order chi connectivity index (χ1) is 10.3. The van der Waals surface area contributed by atoms with Gasteiger partial charge in [0.25, 0.3) is 5.89 Å². The number of hydrogen-bond donors (Lipinski definition) is 1. The van der Waals surface area contributed by atoms with Crippen molar-refractivity contribution in [2.75, 3.05) is 0 Å². The molecule has 6 heteroatoms. The Kier molecular flexibility index (Phi) is 4.04. The van der Waals surface area contributed by atoms with Gasteiger partial charge in [-0.15, -0.1) is 23.7 Å². The van der Waals surface area contributed by atoms with Gasteiger partial charge in [-0.2, -0.15) is 4.98 Å². The third-order valence-electron chi connectivity index (χ3n) is 4.06. The molecule has 22 heavy (non-hydrogen) atoms. The highest BCUT2D eigenvalue weighted by Gasteiger charge is 2.39. The molecule has 2 aromatic heterocycles. The molecule has 1 aliphatic carbocycles. The van der Waals surface area contributed by atoms with Crippen LogP contribution in [0.5, 0.6) is 0 Å². The van der Waals surface area contributed by atoms with Crippen LogP contribution in [-0.2, 0) is 5.54 Å². The van der Waals surface area contributed by atoms with Crippen LogP contribution in [0.1, 0.15) is 25.1 Å². The van der Waals surface area contributed by atoms with Gasteiger partial charge in [0.15, 0.2) is 5.82 Å². The molecule has 0 radical (unpaired) electrons. The maximum atomic E-state index is 6.26. The van der Waals surface area contributed by atoms with Crippen molar-refractivity contribution in [3.8, 4) is 21.9 Å². The Balaban J connectivity index is 0.00000144. The lowest BCUT2D eigenvalue weighted by molar-refractivity contribution is 0.229. The second kappa shape index (κ2) is 5.83. The number of thiophene rings is 1. The number of nitrogens with two attached hydrogens (primary N) is 1. The van der Waals surface area contributed by atoms with E-state index in [2.05, 4.69) is 28.3 Å². The largest absolute Gasteiger partial charge is 0.333 e. The Labute approximate surface area is 138 Å². The van der Waals surface area contributed by atoms with E-state index in [1.165, 1.54) is 0 Å². The number of hydrogen-bond acceptors (Lipinski definition) is 5. The van der Waals surface area contributed by atoms with Crippen LogP contribution in [0.4, 0.5) is 0 Å². The molecule has 1 aliphatic rings. The summed E-state index contributed by atoms with van der Waals surface area (Å²) in [7, 11) is 0. The lowest BCUT2D eigenvalue weighted by Gasteiger charge is -2.34. The van der Waals surface area contributed by atoms with Crippen molar-refractivity contribution in [2.24, 2.45) is 5.73 Å². The summed E-state index contributed by atoms with van der Waals surface area (Å²) in [6.07, 6.45) is 3.00. The summed E-state index contributed by atoms with van der Waals surface area (Å²) in [5, 5.41) is 6.14. The van der Waals surface area contributed by atoms with Crippen LogP contribution < -0.4 is 5.73 Å². The molecule has 0 unspecified atom stereocenters. The van der Waals surface area contributed by atoms with Crippen LogP contribution in [0, 0.1) is 0 Å². The van der Waals surface area contributed by atoms with Gasteiger partial charge in [-0.25, -0.2) is 0 Å². The second-order valence-corrected chi connectivity index (χ2v) is 6.38. The zero-order chi connectivity index (χ0) is 14.3. The van der Waals surface area contributed by atoms with Crippen molar-refractivity contribution in [2.45, 2.75) is 24.8 Å². The number of halogens is 1. The van der Waals surface area contributed by atoms with Gasteiger partial charge in [0, 0.05) is 5.56 Å². The fourth-order valence-corrected chi connectivity index (χ4v) is 3.46. The zero-order valence-corrected chi connectivity index (χ0v) is 13.5. The van der Waals surface area contributed by atoms with E-state index in [4.69, 9.17) is 10.3 Å². The van der Waals surface area contributed by atoms with Crippen molar-refractivity contribution in [1.82, 2.24) is 10.1 Å². The molecule has 0 atom stereocenters. The normalized spacial score (nSPS) is 15.9. The molecule has 2 heterocycles. The van der Waals surface area contributed by atoms with Crippen LogP contribution in [0.25, 0.3) is 21.9 Å². The minimum Gasteiger partial charge on any atom is -0.333 e. The van der Waals surface area contributed by atoms with E-state index in [0.29, 0.717) is 11.7 Å². The third-order valence-corrected chi connectivity index (χ3v) is 4.96. The molecule has 2 N–H and O–H groups in total. The minimum atomic E-state index is -0.383. The van der Waals surface area contributed by atoms with Gasteiger partial charge >= 0.3 is 0 Å². The SMILES string of the molecule is Cl.NC1(c2noc(-c3sccc3-c3ccccc3)n2)CCC1. The first-order valence-corrected chi connectivity index (χ1v) is 7.91. The predicted molar refractivity (Wildman–Crippen MR) is 90.0 cm³/mol. The van der Waals surface area contributed by atoms with Gasteiger partial charge < -0.3 is 10.3 Å². The van der Waals surface area contributed by atoms with Crippen molar-refractivity contribution in [3.05, 3.63) is 47.6 Å². The van der Waals surface area contributed by atoms with Gasteiger partial charge in [-0.3, -0.25) is 0 Å². The highest BCUT2D eigenvalue weighted by molar-refractivity contribution is 7.14. The highest BCUT2D eigenvalue weighted by atomic mass is 35.5. The molecule has 4 nitrogen and oxygen atoms in total. The number of nitrogens with zero attached hydrogens (tertiary/aromatic N) is 2. The monoisotopic (exact) mass is 333 g/mol. The van der Waals surface area contributed by atoms with E-state index in [-0.39, 0.29) is 17.9 Å². The van der Waals surface area contributed by atoms with Crippen molar-refractivity contribution >= 4 is 23.7 Å². The van der Waals surface area contributed by atoms with Gasteiger partial charge in [-0.05, 0) is 36.3 Å². The Bertz CT molecular complexity index is 765. The Hall–Kier alpha value is -1.69. The Morgan fingerprint density at radius 3 is 2.59 bits per heavy atom. The molecule has 1 saturated carbocycles. The second-order valence-electron chi connectivity index (χ2n) is 5.46. The average Bonchev–Trinajstić information content (AvgIpc) is 3.14. The van der Waals surface area contributed by atoms with Crippen LogP contribution in [0.2, 0.25) is 0 Å². The van der Waals surface area contributed by atoms with E-state index < -0.39 is 0 Å². The molecule has 0 spiro atoms. The van der Waals surface area contributed by atoms with Crippen molar-refractivity contribution in [3.63, 3.8) is 0 Å². The fourth-order valence-electron chi connectivity index (χ4n) is 2.62. The number of benzene rings is 1. The molecule has 0 aliphatic heterocycles. The van der Waals surface area contributed by atoms with Crippen LogP contribution in [-0.4, -0.2) is 10.1 Å². The van der Waals surface area contributed by atoms with Crippen LogP contribution >= 0.6 is 23.7 Å². The van der Waals surface area contributed by atoms with E-state index in [1.807, 2.05) is 23.6 Å². The molecule has 0 bridgehead atoms. The smallest absolute Gasteiger partial charge is 0.268 e. The van der Waals surface area contributed by atoms with Gasteiger partial charge in [-0.1, -0.05) is 35.5 Å². The third kappa shape index (κ3) is 2.45. The van der Waals surface area contributed by atoms with Crippen molar-refractivity contribution in [1.29, 1.82) is 0 Å². The van der Waals surface area contributed by atoms with Gasteiger partial charge in [0.1, 0.15) is 4.88 Å². The quantitative estimate of drug-likeness (QED) is 0.779. The lowest BCUT2D eigenvalue weighted by Crippen LogP contribution is -2.44. The highest BCUT2D eigenvalue weighted by Crippen LogP contribution is 2.40. The number of rotatable bonds is 3. The standard InChI is InChI=1S/C16H15N3OS.ClH/c17-16(8-4-9-16)15-18-14(20-19-15)13-12(7-10-21-13)11-5-2-1-3-6-11;/h1-3,5-7,10H,4,8-9,17H2;1H. The zero-order valence-electron chi connectivity index (χ0n) is 11.9. The first-order valence-electron chi connectivity index (χ1n) is 7.03. The summed E-state index contributed by atoms with van der Waals surface area (Å²) >= 11 is 1.61. The molecule has 0 saturated heterocycles. The summed E-state index contributed by atoms with van der Waals surface area (Å²) in [4.78, 5) is 5.54. The van der Waals surface area contributed by atoms with E-state index >= 15 is 0 Å². The summed E-state index contributed by atoms with van der Waals surface area (Å²) in [5.74, 6) is 1.20. The Morgan fingerprint density at radius 2 is 1.91 bits per heavy atom. The molecular formula is C16H16ClN3OS. The van der Waals surface area contributed by atoms with E-state index in [9.17, 15) is 0 Å². The van der Waals surface area contributed by atoms with E-state index in [0.717, 1.165) is 35.3 Å². The topological polar surface area (TPSA) is 64.9 Å². The summed E-state index contributed by atoms with van der Waals surface area (Å²) < 4.78 is 5.46. The molecule has 0 amide bonds. The summed E-state index contributed by atoms with van der Waals surface area (Å²) in [6, 6.07) is 12.3. The predicted octanol–water partition coefficient (Wildman–Crippen LogP) is 4.22. The first kappa shape index (κ1) is 15.2. The van der Waals surface area contributed by atoms with Gasteiger partial charge in [0.2, 0.25) is 0 Å². The van der Waals surface area contributed by atoms with Crippen LogP contribution in [0.15, 0.2) is 46.3 Å². The van der Waals surface area contributed by atoms with Crippen molar-refractivity contribution < 1.29 is 4.52 Å². The summed E-state index contributed by atoms with van der Waals surface area (Å²) in [5.41, 5.74) is 8.15. The lowest BCUT2D eigenvalue weighted by atomic mass is 9.77. The average molecular weight is 334 g/mol. The number of aromatic nitrogens is 2.